The Balaban J connectivity index is 0.000000372. The van der Waals surface area contributed by atoms with Gasteiger partial charge in [0, 0.05) is 35.7 Å². The summed E-state index contributed by atoms with van der Waals surface area (Å²) in [6.45, 7) is 13.4. The fraction of sp³-hybridized carbons (Fsp3) is 0.588. The van der Waals surface area contributed by atoms with Gasteiger partial charge in [0.05, 0.1) is 17.7 Å². The molecular weight excluding hydrogens is 611 g/mol. The highest BCUT2D eigenvalue weighted by Crippen LogP contribution is 2.34. The quantitative estimate of drug-likeness (QED) is 0.0716. The normalized spacial score (nSPS) is 13.5. The first-order chi connectivity index (χ1) is 21.9. The van der Waals surface area contributed by atoms with Gasteiger partial charge >= 0.3 is 10.4 Å². The number of nitrogens with one attached hydrogen (secondary N) is 3. The Kier molecular flexibility index (Phi) is 17.2. The highest BCUT2D eigenvalue weighted by atomic mass is 32.3. The topological polar surface area (TPSA) is 141 Å². The van der Waals surface area contributed by atoms with Gasteiger partial charge in [-0.05, 0) is 63.2 Å². The minimum absolute atomic E-state index is 0.0926. The van der Waals surface area contributed by atoms with Crippen molar-refractivity contribution in [2.24, 2.45) is 0 Å². The lowest BCUT2D eigenvalue weighted by molar-refractivity contribution is -0.110. The van der Waals surface area contributed by atoms with E-state index in [0.29, 0.717) is 41.0 Å². The number of aryl methyl sites for hydroxylation is 1. The van der Waals surface area contributed by atoms with Crippen LogP contribution in [-0.4, -0.2) is 67.5 Å². The van der Waals surface area contributed by atoms with Crippen molar-refractivity contribution in [2.75, 3.05) is 38.1 Å². The predicted octanol–water partition coefficient (Wildman–Crippen LogP) is 7.06. The number of unbranched alkanes of at least 4 members (excludes halogenated alkanes) is 9. The smallest absolute Gasteiger partial charge is 0.358 e. The number of aromatic amines is 1. The maximum atomic E-state index is 13.7. The van der Waals surface area contributed by atoms with Crippen molar-refractivity contribution in [1.82, 2.24) is 15.2 Å². The third kappa shape index (κ3) is 13.4. The zero-order valence-electron chi connectivity index (χ0n) is 28.1. The minimum atomic E-state index is -4.23. The van der Waals surface area contributed by atoms with E-state index >= 15 is 0 Å². The van der Waals surface area contributed by atoms with Crippen molar-refractivity contribution in [1.29, 1.82) is 0 Å². The molecule has 258 valence electrons. The van der Waals surface area contributed by atoms with Crippen molar-refractivity contribution in [3.8, 4) is 0 Å². The lowest BCUT2D eigenvalue weighted by atomic mass is 10.0. The van der Waals surface area contributed by atoms with Crippen LogP contribution in [0.1, 0.15) is 118 Å². The fourth-order valence-electron chi connectivity index (χ4n) is 5.42. The zero-order chi connectivity index (χ0) is 34.1. The van der Waals surface area contributed by atoms with Crippen LogP contribution in [-0.2, 0) is 19.4 Å². The van der Waals surface area contributed by atoms with Crippen molar-refractivity contribution >= 4 is 39.5 Å². The standard InChI is InChI=1S/C22H27FN4O2.C12H26O4S/c1-5-27(6-2)10-9-24-22(29)20-13(3)19(25-14(20)4)12-17-16-11-15(23)7-8-18(16)26-21(17)28;1-2-3-4-5-6-7-8-9-10-11-12-16-17(13,14)15/h7-8,11-12,25H,5-6,9-10H2,1-4H3,(H,24,29)(H,26,28);2-12H2,1H3,(H,13,14,15)/b17-12-;. The largest absolute Gasteiger partial charge is 0.397 e. The Morgan fingerprint density at radius 3 is 2.20 bits per heavy atom. The Hall–Kier alpha value is -3.06. The lowest BCUT2D eigenvalue weighted by Gasteiger charge is -2.18. The SMILES string of the molecule is CCCCCCCCCCCCOS(=O)(=O)O.CCN(CC)CCNC(=O)c1c(C)[nH]c(/C=C2\C(=O)Nc3ccc(F)cc32)c1C. The molecule has 10 nitrogen and oxygen atoms in total. The molecule has 46 heavy (non-hydrogen) atoms. The number of nitrogens with zero attached hydrogens (tertiary/aromatic N) is 1. The van der Waals surface area contributed by atoms with E-state index < -0.39 is 16.2 Å². The molecule has 1 aromatic heterocycles. The molecule has 2 heterocycles. The van der Waals surface area contributed by atoms with Crippen molar-refractivity contribution < 1.29 is 31.1 Å². The first kappa shape index (κ1) is 39.1. The highest BCUT2D eigenvalue weighted by Gasteiger charge is 2.26. The van der Waals surface area contributed by atoms with Crippen LogP contribution in [0, 0.1) is 19.7 Å². The summed E-state index contributed by atoms with van der Waals surface area (Å²) in [6, 6.07) is 4.20. The van der Waals surface area contributed by atoms with Crippen LogP contribution in [0.15, 0.2) is 18.2 Å². The van der Waals surface area contributed by atoms with E-state index in [0.717, 1.165) is 43.7 Å². The van der Waals surface area contributed by atoms with Crippen molar-refractivity contribution in [3.63, 3.8) is 0 Å². The Morgan fingerprint density at radius 1 is 1.00 bits per heavy atom. The van der Waals surface area contributed by atoms with Crippen LogP contribution in [0.5, 0.6) is 0 Å². The van der Waals surface area contributed by atoms with Gasteiger partial charge in [0.2, 0.25) is 0 Å². The summed E-state index contributed by atoms with van der Waals surface area (Å²) >= 11 is 0. The number of carbonyl (C=O) groups excluding carboxylic acids is 2. The molecule has 0 unspecified atom stereocenters. The zero-order valence-corrected chi connectivity index (χ0v) is 29.0. The number of fused-ring (bicyclic) bond motifs is 1. The molecule has 0 atom stereocenters. The van der Waals surface area contributed by atoms with E-state index in [9.17, 15) is 22.4 Å². The van der Waals surface area contributed by atoms with Crippen LogP contribution in [0.3, 0.4) is 0 Å². The second kappa shape index (κ2) is 20.2. The molecule has 0 aliphatic carbocycles. The summed E-state index contributed by atoms with van der Waals surface area (Å²) in [6.07, 6.45) is 13.5. The number of H-pyrrole nitrogens is 1. The van der Waals surface area contributed by atoms with Gasteiger partial charge in [0.15, 0.2) is 0 Å². The molecule has 0 saturated heterocycles. The highest BCUT2D eigenvalue weighted by molar-refractivity contribution is 7.80. The number of likely N-dealkylation sites (N-methyl/N-ethyl adjacent to an activating group) is 1. The maximum Gasteiger partial charge on any atom is 0.397 e. The van der Waals surface area contributed by atoms with E-state index in [1.807, 2.05) is 13.8 Å². The van der Waals surface area contributed by atoms with Crippen LogP contribution in [0.25, 0.3) is 11.6 Å². The Bertz CT molecular complexity index is 1400. The molecule has 2 amide bonds. The maximum absolute atomic E-state index is 13.7. The molecule has 1 aliphatic heterocycles. The molecule has 0 saturated carbocycles. The number of amides is 2. The number of hydrogen-bond acceptors (Lipinski definition) is 6. The number of benzene rings is 1. The van der Waals surface area contributed by atoms with Gasteiger partial charge in [-0.1, -0.05) is 78.6 Å². The minimum Gasteiger partial charge on any atom is -0.358 e. The van der Waals surface area contributed by atoms with Gasteiger partial charge in [0.1, 0.15) is 5.82 Å². The average molecular weight is 665 g/mol. The molecular formula is C34H53FN4O6S. The molecule has 12 heteroatoms. The summed E-state index contributed by atoms with van der Waals surface area (Å²) < 4.78 is 46.6. The van der Waals surface area contributed by atoms with Gasteiger partial charge in [-0.25, -0.2) is 8.57 Å². The first-order valence-corrected chi connectivity index (χ1v) is 17.9. The van der Waals surface area contributed by atoms with Gasteiger partial charge in [-0.15, -0.1) is 0 Å². The van der Waals surface area contributed by atoms with Crippen LogP contribution < -0.4 is 10.6 Å². The number of carbonyl (C=O) groups is 2. The summed E-state index contributed by atoms with van der Waals surface area (Å²) in [5.74, 6) is -0.836. The van der Waals surface area contributed by atoms with Crippen molar-refractivity contribution in [3.05, 3.63) is 52.1 Å². The molecule has 1 aliphatic rings. The lowest BCUT2D eigenvalue weighted by Crippen LogP contribution is -2.35. The van der Waals surface area contributed by atoms with Gasteiger partial charge < -0.3 is 20.5 Å². The summed E-state index contributed by atoms with van der Waals surface area (Å²) in [4.78, 5) is 30.5. The van der Waals surface area contributed by atoms with Crippen LogP contribution in [0.4, 0.5) is 10.1 Å². The van der Waals surface area contributed by atoms with E-state index in [2.05, 4.69) is 45.5 Å². The summed E-state index contributed by atoms with van der Waals surface area (Å²) in [5, 5.41) is 5.70. The summed E-state index contributed by atoms with van der Waals surface area (Å²) in [7, 11) is -4.23. The monoisotopic (exact) mass is 664 g/mol. The average Bonchev–Trinajstić information content (AvgIpc) is 3.46. The molecule has 0 radical (unpaired) electrons. The van der Waals surface area contributed by atoms with Crippen LogP contribution >= 0.6 is 0 Å². The summed E-state index contributed by atoms with van der Waals surface area (Å²) in [5.41, 5.74) is 4.20. The third-order valence-corrected chi connectivity index (χ3v) is 8.56. The molecule has 2 aromatic rings. The van der Waals surface area contributed by atoms with Crippen molar-refractivity contribution in [2.45, 2.75) is 98.8 Å². The number of anilines is 1. The number of aromatic nitrogens is 1. The Labute approximate surface area is 274 Å². The molecule has 3 rings (SSSR count). The number of hydrogen-bond donors (Lipinski definition) is 4. The van der Waals surface area contributed by atoms with E-state index in [1.54, 1.807) is 12.1 Å². The van der Waals surface area contributed by atoms with E-state index in [4.69, 9.17) is 4.55 Å². The van der Waals surface area contributed by atoms with Gasteiger partial charge in [0.25, 0.3) is 11.8 Å². The molecule has 0 bridgehead atoms. The second-order valence-corrected chi connectivity index (χ2v) is 12.7. The number of halogens is 1. The predicted molar refractivity (Wildman–Crippen MR) is 183 cm³/mol. The molecule has 4 N–H and O–H groups in total. The first-order valence-electron chi connectivity index (χ1n) is 16.6. The van der Waals surface area contributed by atoms with E-state index in [1.165, 1.54) is 57.1 Å². The second-order valence-electron chi connectivity index (χ2n) is 11.6. The van der Waals surface area contributed by atoms with Gasteiger partial charge in [-0.3, -0.25) is 14.1 Å². The fourth-order valence-corrected chi connectivity index (χ4v) is 5.74. The van der Waals surface area contributed by atoms with Gasteiger partial charge in [-0.2, -0.15) is 8.42 Å². The third-order valence-electron chi connectivity index (χ3n) is 8.09. The van der Waals surface area contributed by atoms with E-state index in [-0.39, 0.29) is 18.4 Å². The Morgan fingerprint density at radius 2 is 1.61 bits per heavy atom. The number of rotatable bonds is 19. The molecule has 0 spiro atoms. The molecule has 1 aromatic carbocycles. The van der Waals surface area contributed by atoms with Crippen LogP contribution in [0.2, 0.25) is 0 Å². The molecule has 0 fully saturated rings.